The summed E-state index contributed by atoms with van der Waals surface area (Å²) in [4.78, 5) is 35.9. The Morgan fingerprint density at radius 2 is 1.88 bits per heavy atom. The van der Waals surface area contributed by atoms with E-state index in [0.717, 1.165) is 5.56 Å². The molecule has 26 heavy (non-hydrogen) atoms. The van der Waals surface area contributed by atoms with Crippen LogP contribution in [-0.4, -0.2) is 34.1 Å². The molecule has 0 aliphatic rings. The highest BCUT2D eigenvalue weighted by atomic mass is 79.9. The van der Waals surface area contributed by atoms with Crippen LogP contribution in [0.3, 0.4) is 0 Å². The molecule has 0 radical (unpaired) electrons. The van der Waals surface area contributed by atoms with Gasteiger partial charge in [-0.15, -0.1) is 0 Å². The van der Waals surface area contributed by atoms with Gasteiger partial charge in [-0.2, -0.15) is 0 Å². The molecule has 7 nitrogen and oxygen atoms in total. The summed E-state index contributed by atoms with van der Waals surface area (Å²) in [7, 11) is 0. The molecule has 0 fully saturated rings. The molecule has 4 N–H and O–H groups in total. The number of aliphatic carboxylic acids is 1. The minimum atomic E-state index is -1.16. The van der Waals surface area contributed by atoms with Crippen LogP contribution in [0.5, 0.6) is 0 Å². The van der Waals surface area contributed by atoms with Crippen LogP contribution in [-0.2, 0) is 4.79 Å². The smallest absolute Gasteiger partial charge is 0.326 e. The van der Waals surface area contributed by atoms with E-state index in [1.807, 2.05) is 30.3 Å². The number of hydrogen-bond donors (Lipinski definition) is 3. The van der Waals surface area contributed by atoms with Gasteiger partial charge in [0.25, 0.3) is 11.5 Å². The van der Waals surface area contributed by atoms with Crippen molar-refractivity contribution in [2.45, 2.75) is 23.8 Å². The molecule has 1 heterocycles. The van der Waals surface area contributed by atoms with Gasteiger partial charge in [-0.05, 0) is 37.1 Å². The maximum absolute atomic E-state index is 12.7. The number of halogens is 1. The van der Waals surface area contributed by atoms with Crippen molar-refractivity contribution in [2.24, 2.45) is 5.73 Å². The lowest BCUT2D eigenvalue weighted by Gasteiger charge is -2.16. The fourth-order valence-electron chi connectivity index (χ4n) is 2.45. The number of carbonyl (C=O) groups excluding carboxylic acids is 1. The summed E-state index contributed by atoms with van der Waals surface area (Å²) in [5, 5.41) is 11.6. The van der Waals surface area contributed by atoms with Gasteiger partial charge in [0.05, 0.1) is 0 Å². The molecule has 1 aromatic heterocycles. The minimum absolute atomic E-state index is 0.119. The number of carboxylic acid groups (broad SMARTS) is 1. The predicted octanol–water partition coefficient (Wildman–Crippen LogP) is 1.71. The van der Waals surface area contributed by atoms with E-state index in [1.54, 1.807) is 12.3 Å². The zero-order valence-corrected chi connectivity index (χ0v) is 15.6. The first kappa shape index (κ1) is 19.9. The average Bonchev–Trinajstić information content (AvgIpc) is 2.65. The van der Waals surface area contributed by atoms with Gasteiger partial charge in [-0.25, -0.2) is 4.79 Å². The predicted molar refractivity (Wildman–Crippen MR) is 101 cm³/mol. The van der Waals surface area contributed by atoms with Crippen LogP contribution in [0.15, 0.2) is 53.5 Å². The van der Waals surface area contributed by atoms with Crippen molar-refractivity contribution in [3.63, 3.8) is 0 Å². The van der Waals surface area contributed by atoms with E-state index < -0.39 is 28.4 Å². The van der Waals surface area contributed by atoms with Crippen LogP contribution in [0.4, 0.5) is 0 Å². The summed E-state index contributed by atoms with van der Waals surface area (Å²) in [6, 6.07) is 11.1. The second-order valence-electron chi connectivity index (χ2n) is 5.68. The van der Waals surface area contributed by atoms with E-state index >= 15 is 0 Å². The molecule has 2 aromatic rings. The lowest BCUT2D eigenvalue weighted by Crippen LogP contribution is -2.43. The molecule has 0 bridgehead atoms. The van der Waals surface area contributed by atoms with Crippen LogP contribution in [0, 0.1) is 0 Å². The largest absolute Gasteiger partial charge is 0.480 e. The standard InChI is InChI=1S/C18H20BrN3O4/c19-15(12-6-2-1-3-7-12)22-11-5-8-13(17(22)24)16(23)21-14(18(25)26)9-4-10-20/h1-3,5-8,11,14-15H,4,9-10,20H2,(H,21,23)(H,25,26)/t14-,15?/m0/s1. The molecule has 8 heteroatoms. The van der Waals surface area contributed by atoms with E-state index in [2.05, 4.69) is 21.2 Å². The Morgan fingerprint density at radius 3 is 2.50 bits per heavy atom. The van der Waals surface area contributed by atoms with Gasteiger partial charge in [-0.3, -0.25) is 14.2 Å². The van der Waals surface area contributed by atoms with Gasteiger partial charge < -0.3 is 16.2 Å². The van der Waals surface area contributed by atoms with Crippen LogP contribution >= 0.6 is 15.9 Å². The van der Waals surface area contributed by atoms with Gasteiger partial charge in [0.15, 0.2) is 0 Å². The molecule has 1 amide bonds. The molecule has 138 valence electrons. The quantitative estimate of drug-likeness (QED) is 0.561. The highest BCUT2D eigenvalue weighted by Crippen LogP contribution is 2.22. The minimum Gasteiger partial charge on any atom is -0.480 e. The Hall–Kier alpha value is -2.45. The summed E-state index contributed by atoms with van der Waals surface area (Å²) in [6.07, 6.45) is 2.21. The number of amides is 1. The number of alkyl halides is 1. The number of nitrogens with one attached hydrogen (secondary N) is 1. The fourth-order valence-corrected chi connectivity index (χ4v) is 3.08. The van der Waals surface area contributed by atoms with Crippen molar-refractivity contribution in [3.8, 4) is 0 Å². The first-order chi connectivity index (χ1) is 12.5. The maximum atomic E-state index is 12.7. The zero-order chi connectivity index (χ0) is 19.1. The molecular formula is C18H20BrN3O4. The number of hydrogen-bond acceptors (Lipinski definition) is 4. The monoisotopic (exact) mass is 421 g/mol. The second-order valence-corrected chi connectivity index (χ2v) is 6.54. The van der Waals surface area contributed by atoms with Crippen molar-refractivity contribution in [2.75, 3.05) is 6.54 Å². The Balaban J connectivity index is 2.26. The number of carboxylic acids is 1. The van der Waals surface area contributed by atoms with Crippen LogP contribution in [0.2, 0.25) is 0 Å². The molecule has 0 saturated heterocycles. The van der Waals surface area contributed by atoms with Gasteiger partial charge in [-0.1, -0.05) is 46.3 Å². The van der Waals surface area contributed by atoms with E-state index in [4.69, 9.17) is 5.73 Å². The third kappa shape index (κ3) is 4.80. The first-order valence-corrected chi connectivity index (χ1v) is 9.01. The van der Waals surface area contributed by atoms with Gasteiger partial charge in [0, 0.05) is 6.20 Å². The lowest BCUT2D eigenvalue weighted by atomic mass is 10.1. The highest BCUT2D eigenvalue weighted by Gasteiger charge is 2.23. The van der Waals surface area contributed by atoms with Crippen molar-refractivity contribution < 1.29 is 14.7 Å². The molecular weight excluding hydrogens is 402 g/mol. The number of aromatic nitrogens is 1. The van der Waals surface area contributed by atoms with Crippen molar-refractivity contribution in [3.05, 3.63) is 70.1 Å². The Kier molecular flexibility index (Phi) is 7.11. The van der Waals surface area contributed by atoms with Crippen molar-refractivity contribution >= 4 is 27.8 Å². The topological polar surface area (TPSA) is 114 Å². The van der Waals surface area contributed by atoms with E-state index in [1.165, 1.54) is 10.6 Å². The molecule has 2 rings (SSSR count). The maximum Gasteiger partial charge on any atom is 0.326 e. The molecule has 2 atom stereocenters. The Labute approximate surface area is 159 Å². The summed E-state index contributed by atoms with van der Waals surface area (Å²) in [5.41, 5.74) is 5.60. The lowest BCUT2D eigenvalue weighted by molar-refractivity contribution is -0.139. The number of nitrogens with zero attached hydrogens (tertiary/aromatic N) is 1. The zero-order valence-electron chi connectivity index (χ0n) is 14.0. The third-order valence-corrected chi connectivity index (χ3v) is 4.81. The normalized spacial score (nSPS) is 13.0. The SMILES string of the molecule is NCCC[C@H](NC(=O)c1cccn(C(Br)c2ccccc2)c1=O)C(=O)O. The number of pyridine rings is 1. The number of carbonyl (C=O) groups is 2. The summed E-state index contributed by atoms with van der Waals surface area (Å²) >= 11 is 3.46. The summed E-state index contributed by atoms with van der Waals surface area (Å²) in [5.74, 6) is -1.88. The highest BCUT2D eigenvalue weighted by molar-refractivity contribution is 9.09. The van der Waals surface area contributed by atoms with E-state index in [9.17, 15) is 19.5 Å². The Bertz CT molecular complexity index is 823. The third-order valence-electron chi connectivity index (χ3n) is 3.84. The molecule has 0 spiro atoms. The van der Waals surface area contributed by atoms with Crippen molar-refractivity contribution in [1.29, 1.82) is 0 Å². The van der Waals surface area contributed by atoms with Gasteiger partial charge in [0.1, 0.15) is 16.6 Å². The molecule has 0 aliphatic heterocycles. The number of nitrogens with two attached hydrogens (primary N) is 1. The van der Waals surface area contributed by atoms with Crippen molar-refractivity contribution in [1.82, 2.24) is 9.88 Å². The first-order valence-electron chi connectivity index (χ1n) is 8.09. The molecule has 0 saturated carbocycles. The number of benzene rings is 1. The summed E-state index contributed by atoms with van der Waals surface area (Å²) < 4.78 is 1.37. The van der Waals surface area contributed by atoms with Crippen LogP contribution < -0.4 is 16.6 Å². The van der Waals surface area contributed by atoms with E-state index in [0.29, 0.717) is 13.0 Å². The van der Waals surface area contributed by atoms with Gasteiger partial charge in [0.2, 0.25) is 0 Å². The average molecular weight is 422 g/mol. The molecule has 0 aliphatic carbocycles. The fraction of sp³-hybridized carbons (Fsp3) is 0.278. The van der Waals surface area contributed by atoms with Crippen LogP contribution in [0.25, 0.3) is 0 Å². The van der Waals surface area contributed by atoms with Gasteiger partial charge >= 0.3 is 5.97 Å². The summed E-state index contributed by atoms with van der Waals surface area (Å²) in [6.45, 7) is 0.320. The number of rotatable bonds is 8. The molecule has 1 aromatic carbocycles. The van der Waals surface area contributed by atoms with Crippen LogP contribution in [0.1, 0.15) is 33.7 Å². The molecule has 1 unspecified atom stereocenters. The Morgan fingerprint density at radius 1 is 1.19 bits per heavy atom. The second kappa shape index (κ2) is 9.30. The van der Waals surface area contributed by atoms with E-state index in [-0.39, 0.29) is 12.0 Å².